The number of carbonyl (C=O) groups is 4. The Labute approximate surface area is 307 Å². The van der Waals surface area contributed by atoms with Gasteiger partial charge in [-0.1, -0.05) is 77.9 Å². The van der Waals surface area contributed by atoms with Crippen molar-refractivity contribution in [2.75, 3.05) is 18.0 Å². The lowest BCUT2D eigenvalue weighted by molar-refractivity contribution is -0.144. The molecule has 10 heteroatoms. The van der Waals surface area contributed by atoms with E-state index in [2.05, 4.69) is 23.6 Å². The second-order valence-corrected chi connectivity index (χ2v) is 15.6. The number of imide groups is 2. The Balaban J connectivity index is 1.15. The molecule has 0 spiro atoms. The fourth-order valence-electron chi connectivity index (χ4n) is 9.96. The van der Waals surface area contributed by atoms with Crippen LogP contribution in [0.2, 0.25) is 5.02 Å². The first kappa shape index (κ1) is 34.5. The smallest absolute Gasteiger partial charge is 0.241 e. The Hall–Kier alpha value is -4.60. The van der Waals surface area contributed by atoms with Gasteiger partial charge in [0.25, 0.3) is 0 Å². The number of allylic oxidation sites excluding steroid dienone is 3. The largest absolute Gasteiger partial charge is 0.507 e. The molecule has 52 heavy (non-hydrogen) atoms. The number of phenols is 1. The average molecular weight is 722 g/mol. The summed E-state index contributed by atoms with van der Waals surface area (Å²) in [7, 11) is 0. The third-order valence-electron chi connectivity index (χ3n) is 12.5. The number of hydrogen-bond donors (Lipinski definition) is 1. The van der Waals surface area contributed by atoms with Crippen molar-refractivity contribution in [2.45, 2.75) is 57.5 Å². The summed E-state index contributed by atoms with van der Waals surface area (Å²) < 4.78 is 14.2. The zero-order valence-corrected chi connectivity index (χ0v) is 29.8. The second kappa shape index (κ2) is 13.1. The summed E-state index contributed by atoms with van der Waals surface area (Å²) in [4.78, 5) is 62.9. The number of halogens is 2. The molecule has 3 heterocycles. The number of benzene rings is 3. The molecule has 8 nitrogen and oxygen atoms in total. The fraction of sp³-hybridized carbons (Fsp3) is 0.381. The van der Waals surface area contributed by atoms with Crippen LogP contribution in [0.4, 0.5) is 10.1 Å². The van der Waals surface area contributed by atoms with Gasteiger partial charge in [-0.05, 0) is 74.3 Å². The summed E-state index contributed by atoms with van der Waals surface area (Å²) in [5.74, 6) is -5.38. The number of rotatable bonds is 7. The van der Waals surface area contributed by atoms with Gasteiger partial charge in [0.1, 0.15) is 11.6 Å². The SMILES string of the molecule is C=CCc1cccc([C@H]2C3=CC[C@@H]4C(=O)N(C5CCN(Cc6ccccc6)CC5)C(=O)[C@@H]4[C@@H]3C[C@H]3C(=O)N(c4ccc(F)c(Cl)c4)C(=O)[C@@]23C)c1O. The normalized spacial score (nSPS) is 29.2. The van der Waals surface area contributed by atoms with E-state index < -0.39 is 52.6 Å². The van der Waals surface area contributed by atoms with Crippen molar-refractivity contribution >= 4 is 40.9 Å². The summed E-state index contributed by atoms with van der Waals surface area (Å²) in [6.45, 7) is 7.93. The van der Waals surface area contributed by atoms with Gasteiger partial charge < -0.3 is 5.11 Å². The molecule has 3 aromatic carbocycles. The lowest BCUT2D eigenvalue weighted by Crippen LogP contribution is -2.49. The quantitative estimate of drug-likeness (QED) is 0.213. The van der Waals surface area contributed by atoms with Crippen LogP contribution < -0.4 is 4.90 Å². The monoisotopic (exact) mass is 721 g/mol. The predicted octanol–water partition coefficient (Wildman–Crippen LogP) is 6.81. The van der Waals surface area contributed by atoms with E-state index in [0.29, 0.717) is 36.8 Å². The lowest BCUT2D eigenvalue weighted by atomic mass is 9.51. The molecule has 3 aromatic rings. The number of carbonyl (C=O) groups excluding carboxylic acids is 4. The molecule has 8 rings (SSSR count). The molecule has 2 aliphatic carbocycles. The van der Waals surface area contributed by atoms with Crippen LogP contribution in [0.1, 0.15) is 55.2 Å². The summed E-state index contributed by atoms with van der Waals surface area (Å²) >= 11 is 6.13. The second-order valence-electron chi connectivity index (χ2n) is 15.1. The fourth-order valence-corrected chi connectivity index (χ4v) is 10.1. The third-order valence-corrected chi connectivity index (χ3v) is 12.8. The van der Waals surface area contributed by atoms with Crippen molar-refractivity contribution < 1.29 is 28.7 Å². The minimum absolute atomic E-state index is 0.0114. The maximum Gasteiger partial charge on any atom is 0.241 e. The van der Waals surface area contributed by atoms with Crippen molar-refractivity contribution in [3.63, 3.8) is 0 Å². The summed E-state index contributed by atoms with van der Waals surface area (Å²) in [5.41, 5.74) is 1.94. The number of anilines is 1. The Kier molecular flexibility index (Phi) is 8.70. The van der Waals surface area contributed by atoms with Gasteiger partial charge in [-0.3, -0.25) is 29.0 Å². The van der Waals surface area contributed by atoms with Crippen LogP contribution in [0.5, 0.6) is 5.75 Å². The highest BCUT2D eigenvalue weighted by Crippen LogP contribution is 2.64. The Bertz CT molecular complexity index is 2030. The van der Waals surface area contributed by atoms with Gasteiger partial charge in [0.2, 0.25) is 23.6 Å². The number of phenolic OH excluding ortho intramolecular Hbond substituents is 1. The molecule has 0 radical (unpaired) electrons. The van der Waals surface area contributed by atoms with E-state index >= 15 is 0 Å². The van der Waals surface area contributed by atoms with E-state index in [9.17, 15) is 28.7 Å². The number of aromatic hydroxyl groups is 1. The molecular formula is C42H41ClFN3O5. The van der Waals surface area contributed by atoms with E-state index in [4.69, 9.17) is 11.6 Å². The molecule has 3 saturated heterocycles. The number of hydrogen-bond acceptors (Lipinski definition) is 6. The minimum Gasteiger partial charge on any atom is -0.507 e. The standard InChI is InChI=1S/C42H41ClFN3O5/c1-3-8-25-11-7-12-30(37(25)48)36-28-14-15-29-35(40(51)46(38(29)49)26-17-19-45(20-18-26)23-24-9-5-4-6-10-24)31(28)22-32-39(50)47(41(52)42(32,36)2)27-13-16-34(44)33(43)21-27/h3-7,9-14,16,21,26,29,31-32,35-36,48H,1,8,15,17-20,22-23H2,2H3/t29-,31+,32-,35-,36+,42+/m0/s1. The topological polar surface area (TPSA) is 98.2 Å². The van der Waals surface area contributed by atoms with Gasteiger partial charge >= 0.3 is 0 Å². The number of fused-ring (bicyclic) bond motifs is 4. The molecular weight excluding hydrogens is 681 g/mol. The average Bonchev–Trinajstić information content (AvgIpc) is 3.51. The van der Waals surface area contributed by atoms with Crippen LogP contribution in [-0.2, 0) is 32.1 Å². The van der Waals surface area contributed by atoms with Crippen LogP contribution in [0.3, 0.4) is 0 Å². The Morgan fingerprint density at radius 3 is 2.42 bits per heavy atom. The van der Waals surface area contributed by atoms with Crippen molar-refractivity contribution in [1.82, 2.24) is 9.80 Å². The number of amides is 4. The van der Waals surface area contributed by atoms with Gasteiger partial charge in [-0.25, -0.2) is 9.29 Å². The molecule has 1 saturated carbocycles. The molecule has 0 unspecified atom stereocenters. The maximum absolute atomic E-state index is 14.7. The molecule has 4 amide bonds. The molecule has 5 aliphatic rings. The van der Waals surface area contributed by atoms with Gasteiger partial charge in [0, 0.05) is 37.2 Å². The molecule has 0 bridgehead atoms. The van der Waals surface area contributed by atoms with Crippen molar-refractivity contribution in [1.29, 1.82) is 0 Å². The molecule has 6 atom stereocenters. The number of nitrogens with zero attached hydrogens (tertiary/aromatic N) is 3. The summed E-state index contributed by atoms with van der Waals surface area (Å²) in [6, 6.07) is 19.2. The van der Waals surface area contributed by atoms with E-state index in [1.54, 1.807) is 25.1 Å². The van der Waals surface area contributed by atoms with Crippen molar-refractivity contribution in [3.8, 4) is 5.75 Å². The molecule has 1 N–H and O–H groups in total. The van der Waals surface area contributed by atoms with Gasteiger partial charge in [-0.2, -0.15) is 0 Å². The highest BCUT2D eigenvalue weighted by Gasteiger charge is 2.68. The lowest BCUT2D eigenvalue weighted by Gasteiger charge is -2.49. The molecule has 3 aliphatic heterocycles. The molecule has 4 fully saturated rings. The van der Waals surface area contributed by atoms with Gasteiger partial charge in [-0.15, -0.1) is 6.58 Å². The van der Waals surface area contributed by atoms with Crippen LogP contribution in [0, 0.1) is 34.9 Å². The zero-order chi connectivity index (χ0) is 36.5. The first-order valence-corrected chi connectivity index (χ1v) is 18.5. The van der Waals surface area contributed by atoms with E-state index in [-0.39, 0.29) is 40.7 Å². The first-order valence-electron chi connectivity index (χ1n) is 18.1. The first-order chi connectivity index (χ1) is 25.0. The number of piperidine rings is 1. The Morgan fingerprint density at radius 2 is 1.71 bits per heavy atom. The van der Waals surface area contributed by atoms with E-state index in [0.717, 1.165) is 36.2 Å². The van der Waals surface area contributed by atoms with Gasteiger partial charge in [0.15, 0.2) is 0 Å². The van der Waals surface area contributed by atoms with E-state index in [1.807, 2.05) is 30.3 Å². The number of likely N-dealkylation sites (tertiary alicyclic amines) is 2. The highest BCUT2D eigenvalue weighted by molar-refractivity contribution is 6.31. The Morgan fingerprint density at radius 1 is 0.962 bits per heavy atom. The summed E-state index contributed by atoms with van der Waals surface area (Å²) in [6.07, 6.45) is 5.95. The molecule has 268 valence electrons. The van der Waals surface area contributed by atoms with Crippen LogP contribution in [0.25, 0.3) is 0 Å². The number of para-hydroxylation sites is 1. The predicted molar refractivity (Wildman–Crippen MR) is 195 cm³/mol. The molecule has 0 aromatic heterocycles. The van der Waals surface area contributed by atoms with E-state index in [1.165, 1.54) is 22.6 Å². The summed E-state index contributed by atoms with van der Waals surface area (Å²) in [5, 5.41) is 11.5. The van der Waals surface area contributed by atoms with Crippen LogP contribution >= 0.6 is 11.6 Å². The van der Waals surface area contributed by atoms with Crippen LogP contribution in [0.15, 0.2) is 91.0 Å². The van der Waals surface area contributed by atoms with Gasteiger partial charge in [0.05, 0.1) is 33.9 Å². The van der Waals surface area contributed by atoms with Crippen molar-refractivity contribution in [2.24, 2.45) is 29.1 Å². The highest BCUT2D eigenvalue weighted by atomic mass is 35.5. The van der Waals surface area contributed by atoms with Crippen LogP contribution in [-0.4, -0.2) is 57.7 Å². The van der Waals surface area contributed by atoms with Crippen molar-refractivity contribution in [3.05, 3.63) is 119 Å². The minimum atomic E-state index is -1.35. The zero-order valence-electron chi connectivity index (χ0n) is 29.0. The third kappa shape index (κ3) is 5.26. The maximum atomic E-state index is 14.7.